The van der Waals surface area contributed by atoms with E-state index in [0.29, 0.717) is 11.4 Å². The molecular formula is C16H18N2O4S. The van der Waals surface area contributed by atoms with E-state index in [0.717, 1.165) is 5.56 Å². The Morgan fingerprint density at radius 2 is 1.65 bits per heavy atom. The van der Waals surface area contributed by atoms with Gasteiger partial charge in [0, 0.05) is 19.2 Å². The molecule has 0 heterocycles. The standard InChI is InChI=1S/C16H18N2O4S/c1-12(19)18-14-5-9-16(10-6-14)23(20,21)17-11-13-3-7-15(22-2)8-4-13/h3-10,17H,11H2,1-2H3,(H,18,19). The van der Waals surface area contributed by atoms with Crippen LogP contribution in [-0.4, -0.2) is 21.4 Å². The summed E-state index contributed by atoms with van der Waals surface area (Å²) in [4.78, 5) is 11.1. The van der Waals surface area contributed by atoms with Crippen LogP contribution in [0.5, 0.6) is 5.75 Å². The van der Waals surface area contributed by atoms with Gasteiger partial charge in [0.1, 0.15) is 5.75 Å². The number of benzene rings is 2. The average Bonchev–Trinajstić information content (AvgIpc) is 2.53. The Hall–Kier alpha value is -2.38. The van der Waals surface area contributed by atoms with Crippen molar-refractivity contribution >= 4 is 21.6 Å². The first-order chi connectivity index (χ1) is 10.9. The zero-order chi connectivity index (χ0) is 16.9. The zero-order valence-electron chi connectivity index (χ0n) is 12.9. The highest BCUT2D eigenvalue weighted by Gasteiger charge is 2.13. The van der Waals surface area contributed by atoms with Gasteiger partial charge in [-0.15, -0.1) is 0 Å². The van der Waals surface area contributed by atoms with Crippen LogP contribution >= 0.6 is 0 Å². The third-order valence-electron chi connectivity index (χ3n) is 3.11. The molecule has 6 nitrogen and oxygen atoms in total. The highest BCUT2D eigenvalue weighted by atomic mass is 32.2. The SMILES string of the molecule is COc1ccc(CNS(=O)(=O)c2ccc(NC(C)=O)cc2)cc1. The van der Waals surface area contributed by atoms with Crippen molar-refractivity contribution in [3.8, 4) is 5.75 Å². The number of carbonyl (C=O) groups excluding carboxylic acids is 1. The summed E-state index contributed by atoms with van der Waals surface area (Å²) in [5.41, 5.74) is 1.37. The minimum atomic E-state index is -3.61. The third-order valence-corrected chi connectivity index (χ3v) is 4.53. The molecule has 2 N–H and O–H groups in total. The molecule has 0 fully saturated rings. The lowest BCUT2D eigenvalue weighted by molar-refractivity contribution is -0.114. The van der Waals surface area contributed by atoms with Gasteiger partial charge < -0.3 is 10.1 Å². The van der Waals surface area contributed by atoms with E-state index in [2.05, 4.69) is 10.0 Å². The van der Waals surface area contributed by atoms with Crippen molar-refractivity contribution in [2.75, 3.05) is 12.4 Å². The van der Waals surface area contributed by atoms with E-state index < -0.39 is 10.0 Å². The fourth-order valence-corrected chi connectivity index (χ4v) is 2.94. The molecule has 23 heavy (non-hydrogen) atoms. The largest absolute Gasteiger partial charge is 0.497 e. The van der Waals surface area contributed by atoms with Crippen LogP contribution in [-0.2, 0) is 21.4 Å². The number of amides is 1. The van der Waals surface area contributed by atoms with E-state index >= 15 is 0 Å². The molecule has 7 heteroatoms. The van der Waals surface area contributed by atoms with Crippen LogP contribution in [0.4, 0.5) is 5.69 Å². The second kappa shape index (κ2) is 7.26. The predicted octanol–water partition coefficient (Wildman–Crippen LogP) is 2.13. The second-order valence-electron chi connectivity index (χ2n) is 4.88. The molecule has 0 aliphatic carbocycles. The van der Waals surface area contributed by atoms with E-state index in [-0.39, 0.29) is 17.3 Å². The molecule has 0 aliphatic heterocycles. The van der Waals surface area contributed by atoms with E-state index in [1.165, 1.54) is 19.1 Å². The number of rotatable bonds is 6. The Balaban J connectivity index is 2.04. The van der Waals surface area contributed by atoms with Crippen LogP contribution < -0.4 is 14.8 Å². The van der Waals surface area contributed by atoms with Gasteiger partial charge in [-0.3, -0.25) is 4.79 Å². The Kier molecular flexibility index (Phi) is 5.36. The second-order valence-corrected chi connectivity index (χ2v) is 6.65. The summed E-state index contributed by atoms with van der Waals surface area (Å²) in [6, 6.07) is 13.1. The first-order valence-corrected chi connectivity index (χ1v) is 8.39. The van der Waals surface area contributed by atoms with Crippen molar-refractivity contribution in [3.63, 3.8) is 0 Å². The van der Waals surface area contributed by atoms with Crippen molar-refractivity contribution in [3.05, 3.63) is 54.1 Å². The van der Waals surface area contributed by atoms with E-state index in [1.54, 1.807) is 43.5 Å². The molecule has 2 aromatic carbocycles. The Bertz CT molecular complexity index is 769. The average molecular weight is 334 g/mol. The van der Waals surface area contributed by atoms with E-state index in [9.17, 15) is 13.2 Å². The van der Waals surface area contributed by atoms with Crippen LogP contribution in [0.3, 0.4) is 0 Å². The molecule has 0 saturated carbocycles. The summed E-state index contributed by atoms with van der Waals surface area (Å²) in [5, 5.41) is 2.59. The lowest BCUT2D eigenvalue weighted by atomic mass is 10.2. The predicted molar refractivity (Wildman–Crippen MR) is 87.8 cm³/mol. The number of nitrogens with one attached hydrogen (secondary N) is 2. The molecule has 0 aliphatic rings. The first-order valence-electron chi connectivity index (χ1n) is 6.91. The fraction of sp³-hybridized carbons (Fsp3) is 0.188. The van der Waals surface area contributed by atoms with Crippen molar-refractivity contribution in [1.29, 1.82) is 0 Å². The van der Waals surface area contributed by atoms with Gasteiger partial charge in [-0.1, -0.05) is 12.1 Å². The lowest BCUT2D eigenvalue weighted by Crippen LogP contribution is -2.23. The molecule has 0 atom stereocenters. The quantitative estimate of drug-likeness (QED) is 0.847. The van der Waals surface area contributed by atoms with Gasteiger partial charge in [0.25, 0.3) is 0 Å². The van der Waals surface area contributed by atoms with E-state index in [4.69, 9.17) is 4.74 Å². The summed E-state index contributed by atoms with van der Waals surface area (Å²) < 4.78 is 32.1. The minimum absolute atomic E-state index is 0.139. The maximum atomic E-state index is 12.2. The molecule has 0 saturated heterocycles. The van der Waals surface area contributed by atoms with Crippen molar-refractivity contribution in [2.24, 2.45) is 0 Å². The van der Waals surface area contributed by atoms with Gasteiger partial charge in [-0.2, -0.15) is 0 Å². The number of hydrogen-bond acceptors (Lipinski definition) is 4. The van der Waals surface area contributed by atoms with Crippen molar-refractivity contribution in [1.82, 2.24) is 4.72 Å². The molecule has 122 valence electrons. The molecule has 0 bridgehead atoms. The Labute approximate surface area is 135 Å². The fourth-order valence-electron chi connectivity index (χ4n) is 1.93. The van der Waals surface area contributed by atoms with Crippen LogP contribution in [0.15, 0.2) is 53.4 Å². The number of sulfonamides is 1. The number of carbonyl (C=O) groups is 1. The molecule has 2 rings (SSSR count). The van der Waals surface area contributed by atoms with E-state index in [1.807, 2.05) is 0 Å². The molecule has 1 amide bonds. The Morgan fingerprint density at radius 1 is 1.04 bits per heavy atom. The highest BCUT2D eigenvalue weighted by Crippen LogP contribution is 2.15. The molecular weight excluding hydrogens is 316 g/mol. The van der Waals surface area contributed by atoms with Crippen LogP contribution in [0.2, 0.25) is 0 Å². The highest BCUT2D eigenvalue weighted by molar-refractivity contribution is 7.89. The van der Waals surface area contributed by atoms with Crippen LogP contribution in [0, 0.1) is 0 Å². The third kappa shape index (κ3) is 4.80. The Morgan fingerprint density at radius 3 is 2.17 bits per heavy atom. The van der Waals surface area contributed by atoms with Gasteiger partial charge >= 0.3 is 0 Å². The van der Waals surface area contributed by atoms with Gasteiger partial charge in [0.05, 0.1) is 12.0 Å². The molecule has 0 aromatic heterocycles. The number of methoxy groups -OCH3 is 1. The van der Waals surface area contributed by atoms with Crippen molar-refractivity contribution in [2.45, 2.75) is 18.4 Å². The number of hydrogen-bond donors (Lipinski definition) is 2. The molecule has 0 unspecified atom stereocenters. The van der Waals surface area contributed by atoms with Crippen molar-refractivity contribution < 1.29 is 17.9 Å². The normalized spacial score (nSPS) is 11.0. The molecule has 0 radical (unpaired) electrons. The van der Waals surface area contributed by atoms with Gasteiger partial charge in [-0.05, 0) is 42.0 Å². The van der Waals surface area contributed by atoms with Gasteiger partial charge in [-0.25, -0.2) is 13.1 Å². The summed E-state index contributed by atoms with van der Waals surface area (Å²) in [6.07, 6.45) is 0. The molecule has 2 aromatic rings. The van der Waals surface area contributed by atoms with Crippen LogP contribution in [0.1, 0.15) is 12.5 Å². The maximum Gasteiger partial charge on any atom is 0.240 e. The summed E-state index contributed by atoms with van der Waals surface area (Å²) >= 11 is 0. The number of ether oxygens (including phenoxy) is 1. The lowest BCUT2D eigenvalue weighted by Gasteiger charge is -2.08. The summed E-state index contributed by atoms with van der Waals surface area (Å²) in [5.74, 6) is 0.503. The van der Waals surface area contributed by atoms with Gasteiger partial charge in [0.15, 0.2) is 0 Å². The molecule has 0 spiro atoms. The topological polar surface area (TPSA) is 84.5 Å². The summed E-state index contributed by atoms with van der Waals surface area (Å²) in [6.45, 7) is 1.57. The number of anilines is 1. The minimum Gasteiger partial charge on any atom is -0.497 e. The zero-order valence-corrected chi connectivity index (χ0v) is 13.7. The maximum absolute atomic E-state index is 12.2. The summed E-state index contributed by atoms with van der Waals surface area (Å²) in [7, 11) is -2.04. The van der Waals surface area contributed by atoms with Gasteiger partial charge in [0.2, 0.25) is 15.9 Å². The smallest absolute Gasteiger partial charge is 0.240 e. The first kappa shape index (κ1) is 17.0. The van der Waals surface area contributed by atoms with Crippen LogP contribution in [0.25, 0.3) is 0 Å². The monoisotopic (exact) mass is 334 g/mol.